The maximum Gasteiger partial charge on any atom is 0.324 e. The number of sulfonamides is 1. The molecule has 0 spiro atoms. The van der Waals surface area contributed by atoms with Crippen LogP contribution >= 0.6 is 0 Å². The lowest BCUT2D eigenvalue weighted by atomic mass is 10.2. The first-order valence-corrected chi connectivity index (χ1v) is 9.37. The normalized spacial score (nSPS) is 11.3. The van der Waals surface area contributed by atoms with Gasteiger partial charge in [0, 0.05) is 12.4 Å². The number of carboxylic acid groups (broad SMARTS) is 1. The van der Waals surface area contributed by atoms with Crippen LogP contribution in [0.4, 0.5) is 5.69 Å². The summed E-state index contributed by atoms with van der Waals surface area (Å²) in [4.78, 5) is 11.4. The number of aryl methyl sites for hydroxylation is 1. The van der Waals surface area contributed by atoms with Gasteiger partial charge in [-0.2, -0.15) is 0 Å². The Balaban J connectivity index is 2.16. The highest BCUT2D eigenvalue weighted by Crippen LogP contribution is 2.29. The van der Waals surface area contributed by atoms with Crippen molar-refractivity contribution in [3.63, 3.8) is 0 Å². The summed E-state index contributed by atoms with van der Waals surface area (Å²) >= 11 is 0. The SMILES string of the molecule is Cc1ccc(S(=O)(=O)N(CC(=O)O)c2ccccc2-n2cccc2)cc1. The van der Waals surface area contributed by atoms with Gasteiger partial charge in [-0.25, -0.2) is 8.42 Å². The third-order valence-corrected chi connectivity index (χ3v) is 5.69. The molecule has 2 aromatic carbocycles. The highest BCUT2D eigenvalue weighted by molar-refractivity contribution is 7.92. The Morgan fingerprint density at radius 3 is 2.23 bits per heavy atom. The summed E-state index contributed by atoms with van der Waals surface area (Å²) in [5.74, 6) is -1.23. The average Bonchev–Trinajstić information content (AvgIpc) is 3.14. The summed E-state index contributed by atoms with van der Waals surface area (Å²) in [7, 11) is -4.04. The Hall–Kier alpha value is -3.06. The molecular formula is C19H18N2O4S. The number of hydrogen-bond donors (Lipinski definition) is 1. The molecule has 1 N–H and O–H groups in total. The lowest BCUT2D eigenvalue weighted by Gasteiger charge is -2.25. The lowest BCUT2D eigenvalue weighted by Crippen LogP contribution is -2.36. The van der Waals surface area contributed by atoms with Crippen LogP contribution in [0.25, 0.3) is 5.69 Å². The molecule has 0 radical (unpaired) electrons. The topological polar surface area (TPSA) is 79.6 Å². The average molecular weight is 370 g/mol. The first-order valence-electron chi connectivity index (χ1n) is 7.93. The number of rotatable bonds is 6. The van der Waals surface area contributed by atoms with Crippen molar-refractivity contribution < 1.29 is 18.3 Å². The summed E-state index contributed by atoms with van der Waals surface area (Å²) in [5.41, 5.74) is 1.79. The molecule has 3 aromatic rings. The molecule has 1 heterocycles. The molecular weight excluding hydrogens is 352 g/mol. The summed E-state index contributed by atoms with van der Waals surface area (Å²) in [6, 6.07) is 16.8. The van der Waals surface area contributed by atoms with Gasteiger partial charge in [-0.1, -0.05) is 29.8 Å². The quantitative estimate of drug-likeness (QED) is 0.723. The van der Waals surface area contributed by atoms with Crippen LogP contribution in [0.1, 0.15) is 5.56 Å². The number of nitrogens with zero attached hydrogens (tertiary/aromatic N) is 2. The zero-order valence-corrected chi connectivity index (χ0v) is 14.9. The van der Waals surface area contributed by atoms with E-state index in [9.17, 15) is 18.3 Å². The molecule has 0 unspecified atom stereocenters. The first-order chi connectivity index (χ1) is 12.4. The number of carboxylic acids is 1. The highest BCUT2D eigenvalue weighted by atomic mass is 32.2. The van der Waals surface area contributed by atoms with E-state index in [1.54, 1.807) is 53.4 Å². The van der Waals surface area contributed by atoms with Crippen molar-refractivity contribution in [3.8, 4) is 5.69 Å². The Morgan fingerprint density at radius 2 is 1.62 bits per heavy atom. The summed E-state index contributed by atoms with van der Waals surface area (Å²) in [6.07, 6.45) is 3.55. The van der Waals surface area contributed by atoms with Gasteiger partial charge in [-0.05, 0) is 43.3 Å². The van der Waals surface area contributed by atoms with Crippen molar-refractivity contribution in [2.45, 2.75) is 11.8 Å². The van der Waals surface area contributed by atoms with E-state index in [1.165, 1.54) is 12.1 Å². The molecule has 0 aliphatic heterocycles. The van der Waals surface area contributed by atoms with Crippen LogP contribution < -0.4 is 4.31 Å². The van der Waals surface area contributed by atoms with Crippen LogP contribution in [0.3, 0.4) is 0 Å². The Morgan fingerprint density at radius 1 is 1.00 bits per heavy atom. The van der Waals surface area contributed by atoms with E-state index >= 15 is 0 Å². The monoisotopic (exact) mass is 370 g/mol. The van der Waals surface area contributed by atoms with Crippen LogP contribution in [-0.4, -0.2) is 30.6 Å². The Labute approximate surface area is 152 Å². The summed E-state index contributed by atoms with van der Waals surface area (Å²) in [6.45, 7) is 1.18. The van der Waals surface area contributed by atoms with E-state index in [-0.39, 0.29) is 4.90 Å². The molecule has 0 aliphatic rings. The van der Waals surface area contributed by atoms with Crippen LogP contribution in [0.5, 0.6) is 0 Å². The zero-order valence-electron chi connectivity index (χ0n) is 14.1. The molecule has 6 nitrogen and oxygen atoms in total. The number of anilines is 1. The van der Waals surface area contributed by atoms with E-state index in [4.69, 9.17) is 0 Å². The summed E-state index contributed by atoms with van der Waals surface area (Å²) < 4.78 is 29.0. The number of aliphatic carboxylic acids is 1. The summed E-state index contributed by atoms with van der Waals surface area (Å²) in [5, 5.41) is 9.31. The number of carbonyl (C=O) groups is 1. The van der Waals surface area contributed by atoms with Crippen molar-refractivity contribution in [1.29, 1.82) is 0 Å². The van der Waals surface area contributed by atoms with E-state index in [2.05, 4.69) is 0 Å². The molecule has 0 atom stereocenters. The Bertz CT molecular complexity index is 1010. The van der Waals surface area contributed by atoms with Crippen molar-refractivity contribution in [3.05, 3.63) is 78.6 Å². The molecule has 7 heteroatoms. The molecule has 0 fully saturated rings. The maximum atomic E-state index is 13.2. The van der Waals surface area contributed by atoms with E-state index in [0.717, 1.165) is 9.87 Å². The van der Waals surface area contributed by atoms with Crippen LogP contribution in [-0.2, 0) is 14.8 Å². The molecule has 26 heavy (non-hydrogen) atoms. The lowest BCUT2D eigenvalue weighted by molar-refractivity contribution is -0.135. The van der Waals surface area contributed by atoms with E-state index in [1.807, 2.05) is 19.1 Å². The van der Waals surface area contributed by atoms with Crippen molar-refractivity contribution in [2.24, 2.45) is 0 Å². The molecule has 0 saturated heterocycles. The molecule has 0 bridgehead atoms. The van der Waals surface area contributed by atoms with Gasteiger partial charge in [-0.3, -0.25) is 9.10 Å². The van der Waals surface area contributed by atoms with Gasteiger partial charge < -0.3 is 9.67 Å². The van der Waals surface area contributed by atoms with Gasteiger partial charge >= 0.3 is 5.97 Å². The van der Waals surface area contributed by atoms with Gasteiger partial charge in [0.15, 0.2) is 0 Å². The predicted molar refractivity (Wildman–Crippen MR) is 99.1 cm³/mol. The van der Waals surface area contributed by atoms with Crippen LogP contribution in [0.15, 0.2) is 78.0 Å². The molecule has 0 aliphatic carbocycles. The van der Waals surface area contributed by atoms with Crippen molar-refractivity contribution >= 4 is 21.7 Å². The maximum absolute atomic E-state index is 13.2. The number of hydrogen-bond acceptors (Lipinski definition) is 3. The Kier molecular flexibility index (Phi) is 4.81. The second-order valence-electron chi connectivity index (χ2n) is 5.80. The first kappa shape index (κ1) is 17.8. The fraction of sp³-hybridized carbons (Fsp3) is 0.105. The second-order valence-corrected chi connectivity index (χ2v) is 7.66. The smallest absolute Gasteiger partial charge is 0.324 e. The highest BCUT2D eigenvalue weighted by Gasteiger charge is 2.29. The predicted octanol–water partition coefficient (Wildman–Crippen LogP) is 3.07. The van der Waals surface area contributed by atoms with Gasteiger partial charge in [0.05, 0.1) is 16.3 Å². The molecule has 3 rings (SSSR count). The molecule has 134 valence electrons. The minimum atomic E-state index is -4.04. The van der Waals surface area contributed by atoms with Gasteiger partial charge in [0.1, 0.15) is 6.54 Å². The van der Waals surface area contributed by atoms with Gasteiger partial charge in [-0.15, -0.1) is 0 Å². The molecule has 0 amide bonds. The van der Waals surface area contributed by atoms with Crippen LogP contribution in [0, 0.1) is 6.92 Å². The van der Waals surface area contributed by atoms with Gasteiger partial charge in [0.25, 0.3) is 10.0 Å². The van der Waals surface area contributed by atoms with Crippen LogP contribution in [0.2, 0.25) is 0 Å². The number of aromatic nitrogens is 1. The zero-order chi connectivity index (χ0) is 18.7. The van der Waals surface area contributed by atoms with E-state index < -0.39 is 22.5 Å². The fourth-order valence-electron chi connectivity index (χ4n) is 2.65. The number of para-hydroxylation sites is 2. The van der Waals surface area contributed by atoms with Gasteiger partial charge in [0.2, 0.25) is 0 Å². The van der Waals surface area contributed by atoms with E-state index in [0.29, 0.717) is 11.4 Å². The second kappa shape index (κ2) is 7.05. The standard InChI is InChI=1S/C19H18N2O4S/c1-15-8-10-16(11-9-15)26(24,25)21(14-19(22)23)18-7-3-2-6-17(18)20-12-4-5-13-20/h2-13H,14H2,1H3,(H,22,23). The fourth-order valence-corrected chi connectivity index (χ4v) is 4.08. The third-order valence-electron chi connectivity index (χ3n) is 3.92. The molecule has 1 aromatic heterocycles. The van der Waals surface area contributed by atoms with Crippen molar-refractivity contribution in [1.82, 2.24) is 4.57 Å². The van der Waals surface area contributed by atoms with Crippen molar-refractivity contribution in [2.75, 3.05) is 10.8 Å². The third kappa shape index (κ3) is 3.48. The minimum Gasteiger partial charge on any atom is -0.480 e. The minimum absolute atomic E-state index is 0.0478. The molecule has 0 saturated carbocycles. The number of benzene rings is 2. The largest absolute Gasteiger partial charge is 0.480 e.